The molecule has 3 aromatic rings. The third kappa shape index (κ3) is 8.70. The van der Waals surface area contributed by atoms with Crippen molar-refractivity contribution in [2.75, 3.05) is 6.54 Å². The number of carboxylic acids is 1. The van der Waals surface area contributed by atoms with E-state index in [1.165, 1.54) is 40.7 Å². The molecule has 3 rings (SSSR count). The largest absolute Gasteiger partial charge is 0.486 e. The zero-order valence-electron chi connectivity index (χ0n) is 25.0. The summed E-state index contributed by atoms with van der Waals surface area (Å²) < 4.78 is 6.62. The van der Waals surface area contributed by atoms with E-state index in [1.54, 1.807) is 12.1 Å². The number of amides is 1. The van der Waals surface area contributed by atoms with Gasteiger partial charge in [-0.05, 0) is 89.8 Å². The molecule has 0 heterocycles. The number of aryl methyl sites for hydroxylation is 2. The van der Waals surface area contributed by atoms with Crippen LogP contribution in [0.15, 0.2) is 60.7 Å². The minimum atomic E-state index is -0.935. The van der Waals surface area contributed by atoms with Gasteiger partial charge in [-0.25, -0.2) is 0 Å². The maximum atomic E-state index is 12.4. The van der Waals surface area contributed by atoms with Gasteiger partial charge < -0.3 is 15.2 Å². The van der Waals surface area contributed by atoms with Gasteiger partial charge in [0.1, 0.15) is 11.9 Å². The van der Waals surface area contributed by atoms with Gasteiger partial charge >= 0.3 is 5.97 Å². The van der Waals surface area contributed by atoms with Gasteiger partial charge in [-0.3, -0.25) is 9.59 Å². The zero-order chi connectivity index (χ0) is 29.3. The van der Waals surface area contributed by atoms with Gasteiger partial charge in [0.2, 0.25) is 0 Å². The average molecular weight is 544 g/mol. The number of carbonyl (C=O) groups is 2. The fraction of sp³-hybridized carbons (Fsp3) is 0.429. The van der Waals surface area contributed by atoms with Crippen molar-refractivity contribution in [3.05, 3.63) is 88.5 Å². The molecule has 0 bridgehead atoms. The van der Waals surface area contributed by atoms with Crippen molar-refractivity contribution in [1.82, 2.24) is 5.32 Å². The number of carbonyl (C=O) groups excluding carboxylic acids is 1. The molecule has 3 aromatic carbocycles. The Hall–Kier alpha value is -3.60. The van der Waals surface area contributed by atoms with Crippen molar-refractivity contribution in [3.63, 3.8) is 0 Å². The zero-order valence-corrected chi connectivity index (χ0v) is 25.0. The van der Waals surface area contributed by atoms with Crippen LogP contribution in [0, 0.1) is 13.8 Å². The van der Waals surface area contributed by atoms with Crippen LogP contribution in [0.25, 0.3) is 11.1 Å². The van der Waals surface area contributed by atoms with Crippen molar-refractivity contribution >= 4 is 11.9 Å². The van der Waals surface area contributed by atoms with E-state index in [4.69, 9.17) is 9.84 Å². The summed E-state index contributed by atoms with van der Waals surface area (Å²) in [6, 6.07) is 20.6. The molecule has 5 heteroatoms. The molecule has 0 aromatic heterocycles. The molecule has 1 amide bonds. The Morgan fingerprint density at radius 3 is 2.08 bits per heavy atom. The van der Waals surface area contributed by atoms with Crippen LogP contribution >= 0.6 is 0 Å². The van der Waals surface area contributed by atoms with Crippen LogP contribution in [-0.2, 0) is 10.2 Å². The maximum Gasteiger partial charge on any atom is 0.305 e. The predicted octanol–water partition coefficient (Wildman–Crippen LogP) is 8.56. The fourth-order valence-electron chi connectivity index (χ4n) is 5.03. The highest BCUT2D eigenvalue weighted by Crippen LogP contribution is 2.35. The monoisotopic (exact) mass is 543 g/mol. The number of aliphatic carboxylic acids is 1. The molecule has 0 saturated heterocycles. The van der Waals surface area contributed by atoms with Crippen LogP contribution in [0.5, 0.6) is 5.75 Å². The molecule has 1 atom stereocenters. The lowest BCUT2D eigenvalue weighted by Crippen LogP contribution is -2.26. The van der Waals surface area contributed by atoms with E-state index in [0.717, 1.165) is 30.6 Å². The van der Waals surface area contributed by atoms with Crippen molar-refractivity contribution in [2.24, 2.45) is 0 Å². The van der Waals surface area contributed by atoms with Gasteiger partial charge in [0.05, 0.1) is 6.42 Å². The molecule has 2 N–H and O–H groups in total. The number of hydrogen-bond donors (Lipinski definition) is 2. The van der Waals surface area contributed by atoms with Crippen LogP contribution in [0.1, 0.15) is 105 Å². The molecule has 0 spiro atoms. The molecule has 40 heavy (non-hydrogen) atoms. The number of benzene rings is 3. The van der Waals surface area contributed by atoms with E-state index in [-0.39, 0.29) is 30.4 Å². The third-order valence-corrected chi connectivity index (χ3v) is 7.31. The minimum absolute atomic E-state index is 0.0999. The molecule has 214 valence electrons. The third-order valence-electron chi connectivity index (χ3n) is 7.31. The van der Waals surface area contributed by atoms with E-state index in [2.05, 4.69) is 83.3 Å². The van der Waals surface area contributed by atoms with Gasteiger partial charge in [0, 0.05) is 12.1 Å². The minimum Gasteiger partial charge on any atom is -0.486 e. The topological polar surface area (TPSA) is 75.6 Å². The number of hydrogen-bond acceptors (Lipinski definition) is 3. The molecule has 0 radical (unpaired) electrons. The predicted molar refractivity (Wildman–Crippen MR) is 163 cm³/mol. The molecule has 5 nitrogen and oxygen atoms in total. The second kappa shape index (κ2) is 14.2. The van der Waals surface area contributed by atoms with Crippen LogP contribution < -0.4 is 10.1 Å². The Bertz CT molecular complexity index is 1250. The normalized spacial score (nSPS) is 12.2. The second-order valence-corrected chi connectivity index (χ2v) is 11.7. The van der Waals surface area contributed by atoms with Gasteiger partial charge in [-0.1, -0.05) is 83.4 Å². The fourth-order valence-corrected chi connectivity index (χ4v) is 5.03. The summed E-state index contributed by atoms with van der Waals surface area (Å²) in [5, 5.41) is 11.5. The number of nitrogens with one attached hydrogen (secondary N) is 1. The first kappa shape index (κ1) is 30.9. The first-order chi connectivity index (χ1) is 19.0. The number of rotatable bonds is 13. The van der Waals surface area contributed by atoms with Gasteiger partial charge in [0.25, 0.3) is 5.91 Å². The molecule has 0 fully saturated rings. The van der Waals surface area contributed by atoms with Crippen molar-refractivity contribution in [3.8, 4) is 16.9 Å². The van der Waals surface area contributed by atoms with E-state index < -0.39 is 5.97 Å². The lowest BCUT2D eigenvalue weighted by atomic mass is 9.85. The second-order valence-electron chi connectivity index (χ2n) is 11.7. The van der Waals surface area contributed by atoms with Crippen molar-refractivity contribution in [2.45, 2.75) is 91.6 Å². The van der Waals surface area contributed by atoms with Gasteiger partial charge in [-0.2, -0.15) is 0 Å². The van der Waals surface area contributed by atoms with Gasteiger partial charge in [0.15, 0.2) is 0 Å². The maximum absolute atomic E-state index is 12.4. The Morgan fingerprint density at radius 2 is 1.52 bits per heavy atom. The molecule has 1 unspecified atom stereocenters. The summed E-state index contributed by atoms with van der Waals surface area (Å²) in [5.41, 5.74) is 7.78. The molecule has 0 saturated carbocycles. The average Bonchev–Trinajstić information content (AvgIpc) is 2.89. The summed E-state index contributed by atoms with van der Waals surface area (Å²) in [7, 11) is 0. The van der Waals surface area contributed by atoms with E-state index in [0.29, 0.717) is 5.56 Å². The molecular weight excluding hydrogens is 498 g/mol. The number of ether oxygens (including phenoxy) is 1. The summed E-state index contributed by atoms with van der Waals surface area (Å²) in [5.74, 6) is -0.359. The first-order valence-electron chi connectivity index (χ1n) is 14.5. The van der Waals surface area contributed by atoms with Crippen LogP contribution in [0.4, 0.5) is 0 Å². The highest BCUT2D eigenvalue weighted by Gasteiger charge is 2.18. The highest BCUT2D eigenvalue weighted by molar-refractivity contribution is 5.94. The van der Waals surface area contributed by atoms with E-state index in [9.17, 15) is 9.59 Å². The summed E-state index contributed by atoms with van der Waals surface area (Å²) >= 11 is 0. The van der Waals surface area contributed by atoms with E-state index >= 15 is 0 Å². The Morgan fingerprint density at radius 1 is 0.900 bits per heavy atom. The van der Waals surface area contributed by atoms with Crippen molar-refractivity contribution < 1.29 is 19.4 Å². The van der Waals surface area contributed by atoms with Crippen molar-refractivity contribution in [1.29, 1.82) is 0 Å². The summed E-state index contributed by atoms with van der Waals surface area (Å²) in [6.45, 7) is 13.3. The lowest BCUT2D eigenvalue weighted by Gasteiger charge is -2.22. The van der Waals surface area contributed by atoms with Crippen LogP contribution in [0.3, 0.4) is 0 Å². The molecule has 0 aliphatic heterocycles. The quantitative estimate of drug-likeness (QED) is 0.212. The Balaban J connectivity index is 1.80. The lowest BCUT2D eigenvalue weighted by molar-refractivity contribution is -0.136. The summed E-state index contributed by atoms with van der Waals surface area (Å²) in [6.07, 6.45) is 5.25. The molecule has 0 aliphatic rings. The van der Waals surface area contributed by atoms with Crippen LogP contribution in [0.2, 0.25) is 0 Å². The summed E-state index contributed by atoms with van der Waals surface area (Å²) in [4.78, 5) is 23.1. The number of unbranched alkanes of at least 4 members (excludes halogenated alkanes) is 3. The molecular formula is C35H45NO4. The highest BCUT2D eigenvalue weighted by atomic mass is 16.5. The first-order valence-corrected chi connectivity index (χ1v) is 14.5. The van der Waals surface area contributed by atoms with Crippen LogP contribution in [-0.4, -0.2) is 23.5 Å². The van der Waals surface area contributed by atoms with E-state index in [1.807, 2.05) is 12.1 Å². The standard InChI is InChI=1S/C35H45NO4/c1-7-8-9-10-11-31(26-12-14-28(15-13-26)34(39)36-21-20-32(37)38)40-30-22-24(2)33(25(3)23-30)27-16-18-29(19-17-27)35(4,5)6/h12-19,22-23,31H,7-11,20-21H2,1-6H3,(H,36,39)(H,37,38). The molecule has 0 aliphatic carbocycles. The van der Waals surface area contributed by atoms with Gasteiger partial charge in [-0.15, -0.1) is 0 Å². The smallest absolute Gasteiger partial charge is 0.305 e. The Kier molecular flexibility index (Phi) is 10.9. The number of carboxylic acid groups (broad SMARTS) is 1. The Labute approximate surface area is 240 Å². The SMILES string of the molecule is CCCCCCC(Oc1cc(C)c(-c2ccc(C(C)(C)C)cc2)c(C)c1)c1ccc(C(=O)NCCC(=O)O)cc1.